The summed E-state index contributed by atoms with van der Waals surface area (Å²) in [4.78, 5) is 0. The molecular weight excluding hydrogens is 279 g/mol. The molecule has 0 saturated heterocycles. The van der Waals surface area contributed by atoms with Gasteiger partial charge in [-0.15, -0.1) is 0 Å². The molecule has 1 nitrogen and oxygen atoms in total. The van der Waals surface area contributed by atoms with E-state index in [2.05, 4.69) is 31.9 Å². The van der Waals surface area contributed by atoms with Crippen molar-refractivity contribution in [3.8, 4) is 5.75 Å². The summed E-state index contributed by atoms with van der Waals surface area (Å²) >= 11 is 6.13. The van der Waals surface area contributed by atoms with Crippen LogP contribution in [0.1, 0.15) is 5.56 Å². The molecule has 0 aliphatic carbocycles. The summed E-state index contributed by atoms with van der Waals surface area (Å²) in [5.41, 5.74) is 0.285. The van der Waals surface area contributed by atoms with Crippen LogP contribution < -0.4 is 0 Å². The van der Waals surface area contributed by atoms with Gasteiger partial charge in [0.15, 0.2) is 0 Å². The Hall–Kier alpha value is -0.0900. The summed E-state index contributed by atoms with van der Waals surface area (Å²) < 4.78 is 13.4. The molecule has 0 aliphatic heterocycles. The van der Waals surface area contributed by atoms with E-state index >= 15 is 0 Å². The van der Waals surface area contributed by atoms with Crippen LogP contribution in [0.5, 0.6) is 5.75 Å². The minimum Gasteiger partial charge on any atom is -0.507 e. The van der Waals surface area contributed by atoms with Crippen LogP contribution in [0.15, 0.2) is 16.6 Å². The van der Waals surface area contributed by atoms with Gasteiger partial charge in [-0.25, -0.2) is 4.39 Å². The molecule has 0 unspecified atom stereocenters. The first-order chi connectivity index (χ1) is 5.15. The average Bonchev–Trinajstić information content (AvgIpc) is 1.85. The van der Waals surface area contributed by atoms with E-state index in [-0.39, 0.29) is 11.3 Å². The molecule has 0 atom stereocenters. The lowest BCUT2D eigenvalue weighted by Crippen LogP contribution is -1.86. The van der Waals surface area contributed by atoms with Crippen LogP contribution in [0.2, 0.25) is 0 Å². The van der Waals surface area contributed by atoms with Crippen LogP contribution in [-0.2, 0) is 5.33 Å². The highest BCUT2D eigenvalue weighted by Gasteiger charge is 2.07. The predicted octanol–water partition coefficient (Wildman–Crippen LogP) is 3.19. The number of rotatable bonds is 1. The fraction of sp³-hybridized carbons (Fsp3) is 0.143. The van der Waals surface area contributed by atoms with Crippen molar-refractivity contribution in [2.75, 3.05) is 0 Å². The van der Waals surface area contributed by atoms with Gasteiger partial charge < -0.3 is 5.11 Å². The van der Waals surface area contributed by atoms with Crippen molar-refractivity contribution >= 4 is 31.9 Å². The SMILES string of the molecule is Oc1cc(Br)cc(F)c1CBr. The Labute approximate surface area is 80.5 Å². The number of phenols is 1. The first-order valence-corrected chi connectivity index (χ1v) is 4.79. The number of halogens is 3. The van der Waals surface area contributed by atoms with Gasteiger partial charge in [-0.2, -0.15) is 0 Å². The van der Waals surface area contributed by atoms with Gasteiger partial charge in [0, 0.05) is 15.4 Å². The van der Waals surface area contributed by atoms with E-state index in [0.717, 1.165) is 0 Å². The molecule has 0 aliphatic rings. The summed E-state index contributed by atoms with van der Waals surface area (Å²) in [6, 6.07) is 2.77. The van der Waals surface area contributed by atoms with Crippen molar-refractivity contribution in [3.63, 3.8) is 0 Å². The summed E-state index contributed by atoms with van der Waals surface area (Å²) in [6.45, 7) is 0. The van der Waals surface area contributed by atoms with Crippen LogP contribution in [0.3, 0.4) is 0 Å². The van der Waals surface area contributed by atoms with Crippen molar-refractivity contribution < 1.29 is 9.50 Å². The molecule has 1 rings (SSSR count). The summed E-state index contributed by atoms with van der Waals surface area (Å²) in [5, 5.41) is 9.49. The molecule has 1 N–H and O–H groups in total. The average molecular weight is 284 g/mol. The van der Waals surface area contributed by atoms with E-state index < -0.39 is 5.82 Å². The second kappa shape index (κ2) is 3.54. The molecule has 0 saturated carbocycles. The molecule has 0 spiro atoms. The van der Waals surface area contributed by atoms with E-state index in [1.807, 2.05) is 0 Å². The maximum absolute atomic E-state index is 12.9. The highest BCUT2D eigenvalue weighted by Crippen LogP contribution is 2.27. The number of hydrogen-bond donors (Lipinski definition) is 1. The predicted molar refractivity (Wildman–Crippen MR) is 48.4 cm³/mol. The topological polar surface area (TPSA) is 20.2 Å². The van der Waals surface area contributed by atoms with Crippen LogP contribution in [0.25, 0.3) is 0 Å². The fourth-order valence-electron chi connectivity index (χ4n) is 0.722. The van der Waals surface area contributed by atoms with Crippen molar-refractivity contribution in [1.29, 1.82) is 0 Å². The first kappa shape index (κ1) is 9.00. The van der Waals surface area contributed by atoms with Gasteiger partial charge in [-0.05, 0) is 12.1 Å². The number of aromatic hydroxyl groups is 1. The number of benzene rings is 1. The lowest BCUT2D eigenvalue weighted by atomic mass is 10.2. The molecule has 1 aromatic rings. The van der Waals surface area contributed by atoms with Gasteiger partial charge in [0.2, 0.25) is 0 Å². The van der Waals surface area contributed by atoms with Gasteiger partial charge in [0.25, 0.3) is 0 Å². The maximum atomic E-state index is 12.9. The van der Waals surface area contributed by atoms with Crippen LogP contribution in [-0.4, -0.2) is 5.11 Å². The lowest BCUT2D eigenvalue weighted by Gasteiger charge is -2.02. The molecule has 0 aromatic heterocycles. The number of hydrogen-bond acceptors (Lipinski definition) is 1. The minimum atomic E-state index is -0.409. The zero-order chi connectivity index (χ0) is 8.43. The smallest absolute Gasteiger partial charge is 0.132 e. The number of phenolic OH excluding ortho intramolecular Hbond substituents is 1. The second-order valence-electron chi connectivity index (χ2n) is 2.02. The lowest BCUT2D eigenvalue weighted by molar-refractivity contribution is 0.462. The van der Waals surface area contributed by atoms with Crippen molar-refractivity contribution in [2.45, 2.75) is 5.33 Å². The Bertz CT molecular complexity index is 252. The minimum absolute atomic E-state index is 0.0336. The normalized spacial score (nSPS) is 10.1. The zero-order valence-corrected chi connectivity index (χ0v) is 8.61. The highest BCUT2D eigenvalue weighted by atomic mass is 79.9. The van der Waals surface area contributed by atoms with Gasteiger partial charge >= 0.3 is 0 Å². The van der Waals surface area contributed by atoms with Gasteiger partial charge in [-0.3, -0.25) is 0 Å². The Morgan fingerprint density at radius 2 is 2.09 bits per heavy atom. The van der Waals surface area contributed by atoms with E-state index in [1.165, 1.54) is 12.1 Å². The Morgan fingerprint density at radius 3 is 2.55 bits per heavy atom. The molecular formula is C7H5Br2FO. The quantitative estimate of drug-likeness (QED) is 0.785. The zero-order valence-electron chi connectivity index (χ0n) is 5.44. The van der Waals surface area contributed by atoms with E-state index in [0.29, 0.717) is 9.80 Å². The van der Waals surface area contributed by atoms with E-state index in [9.17, 15) is 9.50 Å². The molecule has 0 fully saturated rings. The largest absolute Gasteiger partial charge is 0.507 e. The van der Waals surface area contributed by atoms with Crippen molar-refractivity contribution in [1.82, 2.24) is 0 Å². The monoisotopic (exact) mass is 282 g/mol. The molecule has 11 heavy (non-hydrogen) atoms. The molecule has 60 valence electrons. The summed E-state index contributed by atoms with van der Waals surface area (Å²) in [5.74, 6) is -0.442. The third-order valence-corrected chi connectivity index (χ3v) is 2.29. The highest BCUT2D eigenvalue weighted by molar-refractivity contribution is 9.10. The van der Waals surface area contributed by atoms with Gasteiger partial charge in [-0.1, -0.05) is 31.9 Å². The van der Waals surface area contributed by atoms with Crippen molar-refractivity contribution in [3.05, 3.63) is 28.0 Å². The molecule has 0 amide bonds. The molecule has 0 heterocycles. The second-order valence-corrected chi connectivity index (χ2v) is 3.50. The molecule has 4 heteroatoms. The Balaban J connectivity index is 3.25. The summed E-state index contributed by atoms with van der Waals surface area (Å²) in [6.07, 6.45) is 0. The van der Waals surface area contributed by atoms with Crippen LogP contribution in [0.4, 0.5) is 4.39 Å². The third-order valence-electron chi connectivity index (χ3n) is 1.27. The van der Waals surface area contributed by atoms with Gasteiger partial charge in [0.05, 0.1) is 0 Å². The van der Waals surface area contributed by atoms with Crippen LogP contribution in [0, 0.1) is 5.82 Å². The van der Waals surface area contributed by atoms with Gasteiger partial charge in [0.1, 0.15) is 11.6 Å². The molecule has 0 radical (unpaired) electrons. The number of alkyl halides is 1. The van der Waals surface area contributed by atoms with E-state index in [4.69, 9.17) is 0 Å². The Morgan fingerprint density at radius 1 is 1.45 bits per heavy atom. The maximum Gasteiger partial charge on any atom is 0.132 e. The standard InChI is InChI=1S/C7H5Br2FO/c8-3-5-6(10)1-4(9)2-7(5)11/h1-2,11H,3H2. The van der Waals surface area contributed by atoms with E-state index in [1.54, 1.807) is 0 Å². The third kappa shape index (κ3) is 1.93. The fourth-order valence-corrected chi connectivity index (χ4v) is 1.70. The van der Waals surface area contributed by atoms with Crippen LogP contribution >= 0.6 is 31.9 Å². The molecule has 1 aromatic carbocycles. The Kier molecular flexibility index (Phi) is 2.90. The molecule has 0 bridgehead atoms. The first-order valence-electron chi connectivity index (χ1n) is 2.88. The summed E-state index contributed by atoms with van der Waals surface area (Å²) in [7, 11) is 0. The van der Waals surface area contributed by atoms with Crippen molar-refractivity contribution in [2.24, 2.45) is 0 Å².